The first-order valence-electron chi connectivity index (χ1n) is 3.84. The second-order valence-corrected chi connectivity index (χ2v) is 3.58. The molecule has 0 fully saturated rings. The molecule has 3 heteroatoms. The van der Waals surface area contributed by atoms with Crippen LogP contribution in [0.4, 0.5) is 0 Å². The molecule has 0 aromatic rings. The molecule has 11 heavy (non-hydrogen) atoms. The molecule has 1 N–H and O–H groups in total. The average Bonchev–Trinajstić information content (AvgIpc) is 1.99. The Kier molecular flexibility index (Phi) is 8.79. The molecule has 0 amide bonds. The van der Waals surface area contributed by atoms with Crippen LogP contribution in [0.1, 0.15) is 19.8 Å². The molecule has 0 unspecified atom stereocenters. The van der Waals surface area contributed by atoms with Crippen LogP contribution in [0.5, 0.6) is 0 Å². The van der Waals surface area contributed by atoms with Gasteiger partial charge in [-0.05, 0) is 38.7 Å². The maximum absolute atomic E-state index is 8.52. The SMILES string of the molecule is CCCOCC/C(I)=C/CO. The number of ether oxygens (including phenoxy) is 1. The predicted octanol–water partition coefficient (Wildman–Crippen LogP) is 2.11. The van der Waals surface area contributed by atoms with Gasteiger partial charge in [-0.25, -0.2) is 0 Å². The summed E-state index contributed by atoms with van der Waals surface area (Å²) in [4.78, 5) is 0. The number of aliphatic hydroxyl groups excluding tert-OH is 1. The number of halogens is 1. The van der Waals surface area contributed by atoms with E-state index in [9.17, 15) is 0 Å². The zero-order valence-electron chi connectivity index (χ0n) is 6.85. The molecular weight excluding hydrogens is 255 g/mol. The monoisotopic (exact) mass is 270 g/mol. The number of rotatable bonds is 6. The van der Waals surface area contributed by atoms with Gasteiger partial charge in [0.25, 0.3) is 0 Å². The van der Waals surface area contributed by atoms with E-state index >= 15 is 0 Å². The van der Waals surface area contributed by atoms with Crippen molar-refractivity contribution < 1.29 is 9.84 Å². The van der Waals surface area contributed by atoms with Gasteiger partial charge in [0.1, 0.15) is 0 Å². The van der Waals surface area contributed by atoms with Crippen LogP contribution in [0, 0.1) is 0 Å². The van der Waals surface area contributed by atoms with Crippen molar-refractivity contribution in [2.24, 2.45) is 0 Å². The smallest absolute Gasteiger partial charge is 0.0622 e. The summed E-state index contributed by atoms with van der Waals surface area (Å²) >= 11 is 2.21. The van der Waals surface area contributed by atoms with Crippen molar-refractivity contribution in [2.75, 3.05) is 19.8 Å². The minimum atomic E-state index is 0.131. The summed E-state index contributed by atoms with van der Waals surface area (Å²) in [5.74, 6) is 0. The molecule has 0 aliphatic heterocycles. The third-order valence-corrected chi connectivity index (χ3v) is 2.13. The third-order valence-electron chi connectivity index (χ3n) is 1.15. The summed E-state index contributed by atoms with van der Waals surface area (Å²) in [7, 11) is 0. The van der Waals surface area contributed by atoms with Gasteiger partial charge in [0.2, 0.25) is 0 Å². The van der Waals surface area contributed by atoms with E-state index in [0.29, 0.717) is 0 Å². The van der Waals surface area contributed by atoms with E-state index < -0.39 is 0 Å². The maximum atomic E-state index is 8.52. The fraction of sp³-hybridized carbons (Fsp3) is 0.750. The molecule has 0 radical (unpaired) electrons. The number of hydrogen-bond donors (Lipinski definition) is 1. The van der Waals surface area contributed by atoms with Gasteiger partial charge < -0.3 is 9.84 Å². The minimum Gasteiger partial charge on any atom is -0.392 e. The van der Waals surface area contributed by atoms with Crippen LogP contribution in [0.25, 0.3) is 0 Å². The first-order valence-corrected chi connectivity index (χ1v) is 4.92. The van der Waals surface area contributed by atoms with E-state index in [2.05, 4.69) is 29.5 Å². The maximum Gasteiger partial charge on any atom is 0.0622 e. The number of aliphatic hydroxyl groups is 1. The first-order chi connectivity index (χ1) is 5.31. The first kappa shape index (κ1) is 11.4. The Morgan fingerprint density at radius 2 is 2.27 bits per heavy atom. The summed E-state index contributed by atoms with van der Waals surface area (Å²) in [6.07, 6.45) is 3.79. The minimum absolute atomic E-state index is 0.131. The zero-order chi connectivity index (χ0) is 8.53. The fourth-order valence-electron chi connectivity index (χ4n) is 0.617. The van der Waals surface area contributed by atoms with Crippen LogP contribution >= 0.6 is 22.6 Å². The van der Waals surface area contributed by atoms with Crippen LogP contribution in [0.3, 0.4) is 0 Å². The van der Waals surface area contributed by atoms with Crippen LogP contribution in [-0.4, -0.2) is 24.9 Å². The summed E-state index contributed by atoms with van der Waals surface area (Å²) in [5.41, 5.74) is 0. The van der Waals surface area contributed by atoms with E-state index in [1.807, 2.05) is 0 Å². The number of hydrogen-bond acceptors (Lipinski definition) is 2. The van der Waals surface area contributed by atoms with E-state index in [4.69, 9.17) is 9.84 Å². The Hall–Kier alpha value is 0.390. The summed E-state index contributed by atoms with van der Waals surface area (Å²) in [6, 6.07) is 0. The van der Waals surface area contributed by atoms with Gasteiger partial charge in [-0.2, -0.15) is 0 Å². The van der Waals surface area contributed by atoms with Crippen LogP contribution < -0.4 is 0 Å². The quantitative estimate of drug-likeness (QED) is 0.591. The highest BCUT2D eigenvalue weighted by Crippen LogP contribution is 2.09. The average molecular weight is 270 g/mol. The molecule has 0 spiro atoms. The van der Waals surface area contributed by atoms with Crippen molar-refractivity contribution in [2.45, 2.75) is 19.8 Å². The van der Waals surface area contributed by atoms with Crippen molar-refractivity contribution in [1.29, 1.82) is 0 Å². The van der Waals surface area contributed by atoms with Crippen molar-refractivity contribution in [3.05, 3.63) is 9.66 Å². The molecule has 66 valence electrons. The zero-order valence-corrected chi connectivity index (χ0v) is 9.00. The lowest BCUT2D eigenvalue weighted by molar-refractivity contribution is 0.139. The van der Waals surface area contributed by atoms with Crippen LogP contribution in [-0.2, 0) is 4.74 Å². The second-order valence-electron chi connectivity index (χ2n) is 2.20. The standard InChI is InChI=1S/C8H15IO2/c1-2-6-11-7-4-8(9)3-5-10/h3,10H,2,4-7H2,1H3/b8-3-. The van der Waals surface area contributed by atoms with Crippen molar-refractivity contribution in [1.82, 2.24) is 0 Å². The van der Waals surface area contributed by atoms with Gasteiger partial charge in [-0.15, -0.1) is 0 Å². The molecule has 0 rings (SSSR count). The molecule has 2 nitrogen and oxygen atoms in total. The highest BCUT2D eigenvalue weighted by molar-refractivity contribution is 14.1. The van der Waals surface area contributed by atoms with Gasteiger partial charge in [0.15, 0.2) is 0 Å². The van der Waals surface area contributed by atoms with Crippen LogP contribution in [0.2, 0.25) is 0 Å². The largest absolute Gasteiger partial charge is 0.392 e. The Balaban J connectivity index is 3.17. The lowest BCUT2D eigenvalue weighted by atomic mass is 10.4. The Morgan fingerprint density at radius 3 is 2.82 bits per heavy atom. The Labute approximate surface area is 81.8 Å². The van der Waals surface area contributed by atoms with Gasteiger partial charge in [-0.1, -0.05) is 6.92 Å². The van der Waals surface area contributed by atoms with Gasteiger partial charge >= 0.3 is 0 Å². The molecule has 0 heterocycles. The van der Waals surface area contributed by atoms with E-state index in [1.54, 1.807) is 6.08 Å². The molecule has 0 saturated heterocycles. The van der Waals surface area contributed by atoms with E-state index in [-0.39, 0.29) is 6.61 Å². The summed E-state index contributed by atoms with van der Waals surface area (Å²) in [6.45, 7) is 3.83. The molecule has 0 aromatic carbocycles. The Bertz CT molecular complexity index is 113. The molecular formula is C8H15IO2. The normalized spacial score (nSPS) is 12.1. The fourth-order valence-corrected chi connectivity index (χ4v) is 1.03. The molecule has 0 atom stereocenters. The van der Waals surface area contributed by atoms with E-state index in [1.165, 1.54) is 3.58 Å². The van der Waals surface area contributed by atoms with E-state index in [0.717, 1.165) is 26.1 Å². The predicted molar refractivity (Wildman–Crippen MR) is 54.9 cm³/mol. The van der Waals surface area contributed by atoms with Gasteiger partial charge in [0, 0.05) is 13.0 Å². The topological polar surface area (TPSA) is 29.5 Å². The van der Waals surface area contributed by atoms with Crippen molar-refractivity contribution in [3.63, 3.8) is 0 Å². The van der Waals surface area contributed by atoms with Crippen molar-refractivity contribution >= 4 is 22.6 Å². The molecule has 0 saturated carbocycles. The lowest BCUT2D eigenvalue weighted by Crippen LogP contribution is -1.95. The summed E-state index contributed by atoms with van der Waals surface area (Å²) in [5, 5.41) is 8.52. The Morgan fingerprint density at radius 1 is 1.55 bits per heavy atom. The van der Waals surface area contributed by atoms with Gasteiger partial charge in [0.05, 0.1) is 13.2 Å². The lowest BCUT2D eigenvalue weighted by Gasteiger charge is -2.00. The highest BCUT2D eigenvalue weighted by Gasteiger charge is 1.90. The third kappa shape index (κ3) is 8.29. The molecule has 0 aliphatic rings. The second kappa shape index (κ2) is 8.49. The molecule has 0 aromatic heterocycles. The van der Waals surface area contributed by atoms with Crippen molar-refractivity contribution in [3.8, 4) is 0 Å². The molecule has 0 aliphatic carbocycles. The van der Waals surface area contributed by atoms with Gasteiger partial charge in [-0.3, -0.25) is 0 Å². The van der Waals surface area contributed by atoms with Crippen LogP contribution in [0.15, 0.2) is 9.66 Å². The summed E-state index contributed by atoms with van der Waals surface area (Å²) < 4.78 is 6.44. The highest BCUT2D eigenvalue weighted by atomic mass is 127. The molecule has 0 bridgehead atoms.